The predicted octanol–water partition coefficient (Wildman–Crippen LogP) is 4.13. The number of benzene rings is 1. The maximum absolute atomic E-state index is 11.6. The van der Waals surface area contributed by atoms with Crippen LogP contribution in [-0.2, 0) is 6.42 Å². The number of nitrogens with one attached hydrogen (secondary N) is 2. The minimum Gasteiger partial charge on any atom is -0.478 e. The van der Waals surface area contributed by atoms with Crippen molar-refractivity contribution in [3.05, 3.63) is 47.1 Å². The zero-order valence-corrected chi connectivity index (χ0v) is 15.6. The summed E-state index contributed by atoms with van der Waals surface area (Å²) in [6, 6.07) is 7.47. The van der Waals surface area contributed by atoms with E-state index < -0.39 is 5.97 Å². The zero-order chi connectivity index (χ0) is 19.0. The SMILES string of the molecule is CCc1nc(-c2cccc(Nc3nc(Cl)ns3)c2)c2c(C(=O)O)c[nH]c2n1. The van der Waals surface area contributed by atoms with Crippen LogP contribution in [0.25, 0.3) is 22.3 Å². The van der Waals surface area contributed by atoms with Gasteiger partial charge < -0.3 is 15.4 Å². The molecule has 136 valence electrons. The summed E-state index contributed by atoms with van der Waals surface area (Å²) in [5, 5.41) is 13.9. The van der Waals surface area contributed by atoms with Crippen molar-refractivity contribution < 1.29 is 9.90 Å². The van der Waals surface area contributed by atoms with E-state index in [0.717, 1.165) is 22.8 Å². The second kappa shape index (κ2) is 6.93. The third kappa shape index (κ3) is 3.34. The van der Waals surface area contributed by atoms with Crippen molar-refractivity contribution >= 4 is 51.0 Å². The Morgan fingerprint density at radius 2 is 2.19 bits per heavy atom. The van der Waals surface area contributed by atoms with Crippen molar-refractivity contribution in [3.8, 4) is 11.3 Å². The monoisotopic (exact) mass is 400 g/mol. The van der Waals surface area contributed by atoms with E-state index in [4.69, 9.17) is 11.6 Å². The summed E-state index contributed by atoms with van der Waals surface area (Å²) in [4.78, 5) is 27.6. The second-order valence-corrected chi connectivity index (χ2v) is 6.74. The topological polar surface area (TPSA) is 117 Å². The number of rotatable bonds is 5. The number of fused-ring (bicyclic) bond motifs is 1. The molecule has 0 fully saturated rings. The van der Waals surface area contributed by atoms with Crippen molar-refractivity contribution in [1.82, 2.24) is 24.3 Å². The fraction of sp³-hybridized carbons (Fsp3) is 0.118. The van der Waals surface area contributed by atoms with Crippen LogP contribution in [-0.4, -0.2) is 35.4 Å². The van der Waals surface area contributed by atoms with Crippen molar-refractivity contribution in [2.75, 3.05) is 5.32 Å². The third-order valence-corrected chi connectivity index (χ3v) is 4.81. The van der Waals surface area contributed by atoms with Crippen LogP contribution in [0.2, 0.25) is 5.28 Å². The Bertz CT molecular complexity index is 1160. The van der Waals surface area contributed by atoms with Gasteiger partial charge in [0.05, 0.1) is 16.6 Å². The molecule has 27 heavy (non-hydrogen) atoms. The van der Waals surface area contributed by atoms with E-state index in [-0.39, 0.29) is 10.8 Å². The first-order valence-electron chi connectivity index (χ1n) is 8.03. The minimum absolute atomic E-state index is 0.136. The molecule has 0 atom stereocenters. The average molecular weight is 401 g/mol. The van der Waals surface area contributed by atoms with Gasteiger partial charge in [-0.05, 0) is 23.7 Å². The Hall–Kier alpha value is -3.04. The Labute approximate surface area is 162 Å². The van der Waals surface area contributed by atoms with Gasteiger partial charge in [-0.15, -0.1) is 0 Å². The Morgan fingerprint density at radius 1 is 1.33 bits per heavy atom. The number of H-pyrrole nitrogens is 1. The van der Waals surface area contributed by atoms with E-state index in [2.05, 4.69) is 29.6 Å². The average Bonchev–Trinajstić information content (AvgIpc) is 3.27. The molecule has 0 amide bonds. The molecule has 0 saturated heterocycles. The molecule has 4 aromatic rings. The standard InChI is InChI=1S/C17H13ClN6O2S/c1-2-11-21-13(12-10(15(25)26)7-19-14(12)22-11)8-4-3-5-9(6-8)20-17-23-16(18)24-27-17/h3-7H,2H2,1H3,(H,25,26)(H,19,21,22)(H,20,23,24). The molecule has 0 aliphatic carbocycles. The molecule has 10 heteroatoms. The number of carbonyl (C=O) groups is 1. The highest BCUT2D eigenvalue weighted by molar-refractivity contribution is 7.10. The summed E-state index contributed by atoms with van der Waals surface area (Å²) in [6.45, 7) is 1.95. The Morgan fingerprint density at radius 3 is 2.89 bits per heavy atom. The van der Waals surface area contributed by atoms with Crippen LogP contribution in [0.1, 0.15) is 23.1 Å². The number of hydrogen-bond donors (Lipinski definition) is 3. The van der Waals surface area contributed by atoms with Crippen molar-refractivity contribution in [3.63, 3.8) is 0 Å². The lowest BCUT2D eigenvalue weighted by atomic mass is 10.1. The molecule has 0 unspecified atom stereocenters. The summed E-state index contributed by atoms with van der Waals surface area (Å²) in [7, 11) is 0. The van der Waals surface area contributed by atoms with Crippen LogP contribution in [0.15, 0.2) is 30.5 Å². The number of nitrogens with zero attached hydrogens (tertiary/aromatic N) is 4. The maximum Gasteiger partial charge on any atom is 0.338 e. The van der Waals surface area contributed by atoms with Crippen LogP contribution in [0.5, 0.6) is 0 Å². The van der Waals surface area contributed by atoms with Gasteiger partial charge in [0.25, 0.3) is 0 Å². The number of halogens is 1. The van der Waals surface area contributed by atoms with Gasteiger partial charge in [-0.25, -0.2) is 14.8 Å². The van der Waals surface area contributed by atoms with Gasteiger partial charge in [-0.3, -0.25) is 0 Å². The molecule has 4 rings (SSSR count). The van der Waals surface area contributed by atoms with Gasteiger partial charge in [0.15, 0.2) is 0 Å². The van der Waals surface area contributed by atoms with Crippen LogP contribution in [0.3, 0.4) is 0 Å². The third-order valence-electron chi connectivity index (χ3n) is 3.91. The minimum atomic E-state index is -1.03. The number of carboxylic acid groups (broad SMARTS) is 1. The molecule has 0 aliphatic rings. The van der Waals surface area contributed by atoms with Gasteiger partial charge in [-0.2, -0.15) is 9.36 Å². The highest BCUT2D eigenvalue weighted by Gasteiger charge is 2.19. The van der Waals surface area contributed by atoms with E-state index in [1.54, 1.807) is 0 Å². The van der Waals surface area contributed by atoms with E-state index in [1.807, 2.05) is 31.2 Å². The molecule has 0 saturated carbocycles. The summed E-state index contributed by atoms with van der Waals surface area (Å²) >= 11 is 6.91. The maximum atomic E-state index is 11.6. The number of anilines is 2. The summed E-state index contributed by atoms with van der Waals surface area (Å²) in [6.07, 6.45) is 2.07. The fourth-order valence-corrected chi connectivity index (χ4v) is 3.47. The molecular formula is C17H13ClN6O2S. The molecule has 3 heterocycles. The first-order valence-corrected chi connectivity index (χ1v) is 9.18. The molecule has 3 aromatic heterocycles. The number of aromatic nitrogens is 5. The summed E-state index contributed by atoms with van der Waals surface area (Å²) in [5.74, 6) is -0.404. The van der Waals surface area contributed by atoms with Gasteiger partial charge in [0.1, 0.15) is 11.5 Å². The molecule has 0 radical (unpaired) electrons. The number of aromatic carboxylic acids is 1. The van der Waals surface area contributed by atoms with Crippen molar-refractivity contribution in [2.24, 2.45) is 0 Å². The lowest BCUT2D eigenvalue weighted by Crippen LogP contribution is -2.00. The van der Waals surface area contributed by atoms with E-state index in [1.165, 1.54) is 6.20 Å². The quantitative estimate of drug-likeness (QED) is 0.461. The lowest BCUT2D eigenvalue weighted by Gasteiger charge is -2.09. The molecule has 1 aromatic carbocycles. The normalized spacial score (nSPS) is 11.0. The molecule has 8 nitrogen and oxygen atoms in total. The van der Waals surface area contributed by atoms with Crippen LogP contribution >= 0.6 is 23.1 Å². The first kappa shape index (κ1) is 17.4. The first-order chi connectivity index (χ1) is 13.0. The van der Waals surface area contributed by atoms with Gasteiger partial charge in [-0.1, -0.05) is 19.1 Å². The smallest absolute Gasteiger partial charge is 0.338 e. The largest absolute Gasteiger partial charge is 0.478 e. The lowest BCUT2D eigenvalue weighted by molar-refractivity contribution is 0.0699. The number of aromatic amines is 1. The summed E-state index contributed by atoms with van der Waals surface area (Å²) in [5.41, 5.74) is 2.73. The van der Waals surface area contributed by atoms with Crippen molar-refractivity contribution in [1.29, 1.82) is 0 Å². The zero-order valence-electron chi connectivity index (χ0n) is 14.0. The van der Waals surface area contributed by atoms with Gasteiger partial charge in [0.2, 0.25) is 10.4 Å². The highest BCUT2D eigenvalue weighted by Crippen LogP contribution is 2.31. The summed E-state index contributed by atoms with van der Waals surface area (Å²) < 4.78 is 3.92. The highest BCUT2D eigenvalue weighted by atomic mass is 35.5. The fourth-order valence-electron chi connectivity index (χ4n) is 2.74. The molecular weight excluding hydrogens is 388 g/mol. The number of aryl methyl sites for hydroxylation is 1. The Kier molecular flexibility index (Phi) is 4.46. The van der Waals surface area contributed by atoms with Gasteiger partial charge in [0, 0.05) is 35.4 Å². The van der Waals surface area contributed by atoms with E-state index >= 15 is 0 Å². The van der Waals surface area contributed by atoms with Crippen LogP contribution in [0.4, 0.5) is 10.8 Å². The number of carboxylic acids is 1. The number of hydrogen-bond acceptors (Lipinski definition) is 7. The second-order valence-electron chi connectivity index (χ2n) is 5.65. The predicted molar refractivity (Wildman–Crippen MR) is 104 cm³/mol. The van der Waals surface area contributed by atoms with Crippen LogP contribution in [0, 0.1) is 0 Å². The van der Waals surface area contributed by atoms with Crippen molar-refractivity contribution in [2.45, 2.75) is 13.3 Å². The Balaban J connectivity index is 1.85. The molecule has 0 aliphatic heterocycles. The molecule has 3 N–H and O–H groups in total. The van der Waals surface area contributed by atoms with Crippen LogP contribution < -0.4 is 5.32 Å². The molecule has 0 bridgehead atoms. The van der Waals surface area contributed by atoms with Gasteiger partial charge >= 0.3 is 5.97 Å². The van der Waals surface area contributed by atoms with E-state index in [0.29, 0.717) is 34.1 Å². The van der Waals surface area contributed by atoms with E-state index in [9.17, 15) is 9.90 Å². The molecule has 0 spiro atoms.